The minimum absolute atomic E-state index is 0.213. The highest BCUT2D eigenvalue weighted by molar-refractivity contribution is 6.35. The second kappa shape index (κ2) is 4.37. The van der Waals surface area contributed by atoms with Gasteiger partial charge >= 0.3 is 0 Å². The molecule has 5 heteroatoms. The Labute approximate surface area is 97.1 Å². The van der Waals surface area contributed by atoms with Crippen LogP contribution in [0.5, 0.6) is 0 Å². The van der Waals surface area contributed by atoms with Gasteiger partial charge in [-0.1, -0.05) is 23.8 Å². The number of halogens is 1. The molecular weight excluding hydrogens is 226 g/mol. The first-order valence-corrected chi connectivity index (χ1v) is 5.12. The third kappa shape index (κ3) is 2.06. The maximum Gasteiger partial charge on any atom is 0.221 e. The smallest absolute Gasteiger partial charge is 0.221 e. The van der Waals surface area contributed by atoms with Gasteiger partial charge in [0.05, 0.1) is 5.02 Å². The number of carbonyl (C=O) groups is 1. The van der Waals surface area contributed by atoms with Gasteiger partial charge in [-0.2, -0.15) is 0 Å². The first-order chi connectivity index (χ1) is 7.68. The Morgan fingerprint density at radius 2 is 2.44 bits per heavy atom. The highest BCUT2D eigenvalue weighted by atomic mass is 35.5. The zero-order chi connectivity index (χ0) is 11.5. The van der Waals surface area contributed by atoms with Crippen molar-refractivity contribution in [1.29, 1.82) is 0 Å². The van der Waals surface area contributed by atoms with Crippen LogP contribution in [0.2, 0.25) is 5.02 Å². The zero-order valence-electron chi connectivity index (χ0n) is 8.40. The van der Waals surface area contributed by atoms with Gasteiger partial charge < -0.3 is 10.7 Å². The topological polar surface area (TPSA) is 71.8 Å². The van der Waals surface area contributed by atoms with E-state index in [0.717, 1.165) is 16.6 Å². The molecule has 2 rings (SSSR count). The Bertz CT molecular complexity index is 559. The maximum absolute atomic E-state index is 10.6. The number of aromatic amines is 1. The lowest BCUT2D eigenvalue weighted by molar-refractivity contribution is -0.117. The molecule has 0 aliphatic heterocycles. The predicted octanol–water partition coefficient (Wildman–Crippen LogP) is 2.10. The lowest BCUT2D eigenvalue weighted by Crippen LogP contribution is -2.07. The lowest BCUT2D eigenvalue weighted by Gasteiger charge is -1.94. The lowest BCUT2D eigenvalue weighted by atomic mass is 10.2. The van der Waals surface area contributed by atoms with Crippen molar-refractivity contribution in [2.45, 2.75) is 6.42 Å². The van der Waals surface area contributed by atoms with Crippen molar-refractivity contribution >= 4 is 34.6 Å². The molecule has 2 aromatic heterocycles. The molecule has 0 saturated heterocycles. The number of aromatic nitrogens is 2. The Balaban J connectivity index is 2.38. The molecule has 0 aliphatic carbocycles. The van der Waals surface area contributed by atoms with Crippen LogP contribution in [0.3, 0.4) is 0 Å². The molecule has 16 heavy (non-hydrogen) atoms. The Hall–Kier alpha value is -1.81. The third-order valence-electron chi connectivity index (χ3n) is 2.17. The van der Waals surface area contributed by atoms with Crippen LogP contribution in [0.4, 0.5) is 0 Å². The van der Waals surface area contributed by atoms with Crippen LogP contribution >= 0.6 is 11.6 Å². The predicted molar refractivity (Wildman–Crippen MR) is 63.9 cm³/mol. The minimum atomic E-state index is -0.361. The van der Waals surface area contributed by atoms with E-state index in [4.69, 9.17) is 17.3 Å². The van der Waals surface area contributed by atoms with Crippen molar-refractivity contribution < 1.29 is 4.79 Å². The molecule has 0 atom stereocenters. The van der Waals surface area contributed by atoms with E-state index in [9.17, 15) is 4.79 Å². The van der Waals surface area contributed by atoms with Crippen molar-refractivity contribution in [3.05, 3.63) is 35.1 Å². The summed E-state index contributed by atoms with van der Waals surface area (Å²) in [5.41, 5.74) is 6.66. The monoisotopic (exact) mass is 235 g/mol. The van der Waals surface area contributed by atoms with E-state index in [1.165, 1.54) is 0 Å². The average molecular weight is 236 g/mol. The van der Waals surface area contributed by atoms with E-state index in [1.807, 2.05) is 0 Å². The van der Waals surface area contributed by atoms with Crippen molar-refractivity contribution in [3.63, 3.8) is 0 Å². The van der Waals surface area contributed by atoms with Gasteiger partial charge in [0.1, 0.15) is 5.65 Å². The second-order valence-corrected chi connectivity index (χ2v) is 3.74. The van der Waals surface area contributed by atoms with Crippen LogP contribution in [0.25, 0.3) is 17.1 Å². The third-order valence-corrected chi connectivity index (χ3v) is 2.48. The number of pyridine rings is 1. The van der Waals surface area contributed by atoms with Gasteiger partial charge in [-0.05, 0) is 6.07 Å². The van der Waals surface area contributed by atoms with Gasteiger partial charge in [-0.25, -0.2) is 4.98 Å². The summed E-state index contributed by atoms with van der Waals surface area (Å²) in [5, 5.41) is 1.48. The van der Waals surface area contributed by atoms with E-state index >= 15 is 0 Å². The van der Waals surface area contributed by atoms with E-state index in [2.05, 4.69) is 9.97 Å². The first kappa shape index (κ1) is 10.7. The maximum atomic E-state index is 10.6. The summed E-state index contributed by atoms with van der Waals surface area (Å²) in [6, 6.07) is 1.73. The summed E-state index contributed by atoms with van der Waals surface area (Å²) in [7, 11) is 0. The molecule has 1 amide bonds. The highest BCUT2D eigenvalue weighted by Crippen LogP contribution is 2.25. The van der Waals surface area contributed by atoms with Gasteiger partial charge in [-0.3, -0.25) is 4.79 Å². The Morgan fingerprint density at radius 3 is 3.19 bits per heavy atom. The number of nitrogens with two attached hydrogens (primary N) is 1. The number of carbonyl (C=O) groups excluding carboxylic acids is 1. The Morgan fingerprint density at radius 1 is 1.62 bits per heavy atom. The number of rotatable bonds is 3. The largest absolute Gasteiger partial charge is 0.369 e. The van der Waals surface area contributed by atoms with Crippen molar-refractivity contribution in [2.24, 2.45) is 5.73 Å². The van der Waals surface area contributed by atoms with Crippen LogP contribution in [-0.2, 0) is 4.79 Å². The van der Waals surface area contributed by atoms with E-state index < -0.39 is 0 Å². The summed E-state index contributed by atoms with van der Waals surface area (Å²) < 4.78 is 0. The van der Waals surface area contributed by atoms with Gasteiger partial charge in [0.15, 0.2) is 0 Å². The molecule has 0 saturated carbocycles. The average Bonchev–Trinajstić information content (AvgIpc) is 2.62. The summed E-state index contributed by atoms with van der Waals surface area (Å²) in [6.45, 7) is 0. The summed E-state index contributed by atoms with van der Waals surface area (Å²) in [5.74, 6) is -0.361. The van der Waals surface area contributed by atoms with Gasteiger partial charge in [-0.15, -0.1) is 0 Å². The van der Waals surface area contributed by atoms with E-state index in [-0.39, 0.29) is 12.3 Å². The summed E-state index contributed by atoms with van der Waals surface area (Å²) >= 11 is 6.06. The van der Waals surface area contributed by atoms with Crippen LogP contribution in [-0.4, -0.2) is 15.9 Å². The number of primary amides is 1. The zero-order valence-corrected chi connectivity index (χ0v) is 9.16. The molecule has 0 fully saturated rings. The number of hydrogen-bond donors (Lipinski definition) is 2. The highest BCUT2D eigenvalue weighted by Gasteiger charge is 2.05. The van der Waals surface area contributed by atoms with Crippen molar-refractivity contribution in [3.8, 4) is 0 Å². The number of nitrogens with one attached hydrogen (secondary N) is 1. The van der Waals surface area contributed by atoms with Crippen LogP contribution in [0.15, 0.2) is 24.5 Å². The molecule has 2 heterocycles. The molecule has 0 radical (unpaired) electrons. The molecular formula is C11H10ClN3O. The second-order valence-electron chi connectivity index (χ2n) is 3.33. The molecule has 0 bridgehead atoms. The quantitative estimate of drug-likeness (QED) is 0.855. The standard InChI is InChI=1S/C11H10ClN3O/c12-8-4-5-14-11-10(8)7(6-15-11)2-1-3-9(13)16/h1-2,4-6H,3H2,(H2,13,16)(H,14,15). The van der Waals surface area contributed by atoms with Crippen LogP contribution in [0.1, 0.15) is 12.0 Å². The summed E-state index contributed by atoms with van der Waals surface area (Å²) in [6.07, 6.45) is 7.15. The molecule has 3 N–H and O–H groups in total. The molecule has 4 nitrogen and oxygen atoms in total. The van der Waals surface area contributed by atoms with Crippen molar-refractivity contribution in [2.75, 3.05) is 0 Å². The van der Waals surface area contributed by atoms with Crippen LogP contribution < -0.4 is 5.73 Å². The Kier molecular flexibility index (Phi) is 2.92. The number of hydrogen-bond acceptors (Lipinski definition) is 2. The number of H-pyrrole nitrogens is 1. The summed E-state index contributed by atoms with van der Waals surface area (Å²) in [4.78, 5) is 17.7. The fraction of sp³-hybridized carbons (Fsp3) is 0.0909. The minimum Gasteiger partial charge on any atom is -0.369 e. The number of nitrogens with zero attached hydrogens (tertiary/aromatic N) is 1. The van der Waals surface area contributed by atoms with E-state index in [1.54, 1.807) is 30.6 Å². The van der Waals surface area contributed by atoms with Crippen LogP contribution in [0, 0.1) is 0 Å². The van der Waals surface area contributed by atoms with Gasteiger partial charge in [0.2, 0.25) is 5.91 Å². The fourth-order valence-corrected chi connectivity index (χ4v) is 1.73. The fourth-order valence-electron chi connectivity index (χ4n) is 1.47. The van der Waals surface area contributed by atoms with Crippen molar-refractivity contribution in [1.82, 2.24) is 9.97 Å². The molecule has 0 aliphatic rings. The van der Waals surface area contributed by atoms with E-state index in [0.29, 0.717) is 5.02 Å². The normalized spacial score (nSPS) is 11.3. The first-order valence-electron chi connectivity index (χ1n) is 4.75. The molecule has 0 spiro atoms. The molecule has 0 aromatic carbocycles. The number of amides is 1. The number of fused-ring (bicyclic) bond motifs is 1. The SMILES string of the molecule is NC(=O)CC=Cc1c[nH]c2nccc(Cl)c12. The molecule has 2 aromatic rings. The molecule has 0 unspecified atom stereocenters. The molecule has 82 valence electrons. The van der Waals surface area contributed by atoms with Gasteiger partial charge in [0, 0.05) is 29.8 Å². The van der Waals surface area contributed by atoms with Gasteiger partial charge in [0.25, 0.3) is 0 Å².